The van der Waals surface area contributed by atoms with Gasteiger partial charge in [0.25, 0.3) is 0 Å². The second kappa shape index (κ2) is 7.31. The molecule has 7 nitrogen and oxygen atoms in total. The van der Waals surface area contributed by atoms with Crippen molar-refractivity contribution in [3.63, 3.8) is 0 Å². The zero-order chi connectivity index (χ0) is 16.9. The highest BCUT2D eigenvalue weighted by Gasteiger charge is 2.26. The first kappa shape index (κ1) is 18.0. The average Bonchev–Trinajstić information content (AvgIpc) is 2.37. The third kappa shape index (κ3) is 5.77. The number of ether oxygens (including phenoxy) is 2. The second-order valence-corrected chi connectivity index (χ2v) is 6.05. The van der Waals surface area contributed by atoms with E-state index in [0.717, 1.165) is 0 Å². The van der Waals surface area contributed by atoms with Crippen LogP contribution in [0.15, 0.2) is 12.3 Å². The Labute approximate surface area is 134 Å². The molecule has 1 amide bonds. The predicted molar refractivity (Wildman–Crippen MR) is 82.5 cm³/mol. The third-order valence-electron chi connectivity index (χ3n) is 2.54. The Balaban J connectivity index is 2.85. The SMILES string of the molecule is COC(=O)[C@@H](Cc1ncc(Cl)cc1N)NC(=O)OC(C)(C)C. The largest absolute Gasteiger partial charge is 0.467 e. The number of anilines is 1. The van der Waals surface area contributed by atoms with E-state index < -0.39 is 23.7 Å². The normalized spacial score (nSPS) is 12.4. The van der Waals surface area contributed by atoms with E-state index in [9.17, 15) is 9.59 Å². The summed E-state index contributed by atoms with van der Waals surface area (Å²) in [4.78, 5) is 27.7. The lowest BCUT2D eigenvalue weighted by Crippen LogP contribution is -2.45. The molecule has 1 aromatic rings. The van der Waals surface area contributed by atoms with E-state index in [1.807, 2.05) is 0 Å². The van der Waals surface area contributed by atoms with Crippen LogP contribution in [-0.4, -0.2) is 35.8 Å². The Bertz CT molecular complexity index is 558. The minimum Gasteiger partial charge on any atom is -0.467 e. The third-order valence-corrected chi connectivity index (χ3v) is 2.75. The molecule has 0 saturated carbocycles. The number of rotatable bonds is 4. The number of nitrogen functional groups attached to an aromatic ring is 1. The molecule has 8 heteroatoms. The quantitative estimate of drug-likeness (QED) is 0.818. The van der Waals surface area contributed by atoms with Gasteiger partial charge in [0.15, 0.2) is 0 Å². The smallest absolute Gasteiger partial charge is 0.408 e. The maximum Gasteiger partial charge on any atom is 0.408 e. The summed E-state index contributed by atoms with van der Waals surface area (Å²) in [6.45, 7) is 5.16. The van der Waals surface area contributed by atoms with Crippen molar-refractivity contribution in [1.82, 2.24) is 10.3 Å². The molecular weight excluding hydrogens is 310 g/mol. The van der Waals surface area contributed by atoms with Gasteiger partial charge in [0.1, 0.15) is 11.6 Å². The van der Waals surface area contributed by atoms with E-state index in [1.165, 1.54) is 19.4 Å². The van der Waals surface area contributed by atoms with Crippen molar-refractivity contribution in [2.75, 3.05) is 12.8 Å². The van der Waals surface area contributed by atoms with E-state index in [0.29, 0.717) is 16.4 Å². The molecule has 0 saturated heterocycles. The first-order valence-electron chi connectivity index (χ1n) is 6.59. The van der Waals surface area contributed by atoms with Crippen LogP contribution in [0.4, 0.5) is 10.5 Å². The number of alkyl carbamates (subject to hydrolysis) is 1. The summed E-state index contributed by atoms with van der Waals surface area (Å²) in [6, 6.07) is 0.557. The van der Waals surface area contributed by atoms with Crippen molar-refractivity contribution in [2.45, 2.75) is 38.8 Å². The number of halogens is 1. The number of nitrogens with one attached hydrogen (secondary N) is 1. The zero-order valence-corrected chi connectivity index (χ0v) is 13.7. The van der Waals surface area contributed by atoms with Gasteiger partial charge in [-0.1, -0.05) is 11.6 Å². The number of aromatic nitrogens is 1. The van der Waals surface area contributed by atoms with Crippen molar-refractivity contribution in [3.05, 3.63) is 23.0 Å². The minimum atomic E-state index is -0.962. The number of hydrogen-bond donors (Lipinski definition) is 2. The van der Waals surface area contributed by atoms with E-state index in [2.05, 4.69) is 15.0 Å². The molecule has 0 radical (unpaired) electrons. The monoisotopic (exact) mass is 329 g/mol. The maximum absolute atomic E-state index is 11.8. The molecule has 0 unspecified atom stereocenters. The Hall–Kier alpha value is -2.02. The van der Waals surface area contributed by atoms with Crippen molar-refractivity contribution < 1.29 is 19.1 Å². The number of hydrogen-bond acceptors (Lipinski definition) is 6. The first-order valence-corrected chi connectivity index (χ1v) is 6.97. The summed E-state index contributed by atoms with van der Waals surface area (Å²) < 4.78 is 9.79. The number of pyridine rings is 1. The number of methoxy groups -OCH3 is 1. The maximum atomic E-state index is 11.8. The molecule has 0 aliphatic rings. The van der Waals surface area contributed by atoms with Gasteiger partial charge in [-0.2, -0.15) is 0 Å². The van der Waals surface area contributed by atoms with Gasteiger partial charge in [0.2, 0.25) is 0 Å². The number of carbonyl (C=O) groups excluding carboxylic acids is 2. The van der Waals surface area contributed by atoms with Crippen LogP contribution < -0.4 is 11.1 Å². The molecule has 22 heavy (non-hydrogen) atoms. The van der Waals surface area contributed by atoms with E-state index in [4.69, 9.17) is 22.1 Å². The summed E-state index contributed by atoms with van der Waals surface area (Å²) in [5.41, 5.74) is 5.88. The molecule has 1 atom stereocenters. The van der Waals surface area contributed by atoms with E-state index in [-0.39, 0.29) is 6.42 Å². The standard InChI is InChI=1S/C14H20ClN3O4/c1-14(2,3)22-13(20)18-11(12(19)21-4)6-10-9(16)5-8(15)7-17-10/h5,7,11H,6,16H2,1-4H3,(H,18,20)/t11-/m1/s1. The predicted octanol–water partition coefficient (Wildman–Crippen LogP) is 1.93. The molecule has 3 N–H and O–H groups in total. The lowest BCUT2D eigenvalue weighted by Gasteiger charge is -2.22. The van der Waals surface area contributed by atoms with Crippen molar-refractivity contribution in [3.8, 4) is 0 Å². The van der Waals surface area contributed by atoms with Crippen LogP contribution in [0.3, 0.4) is 0 Å². The molecule has 1 heterocycles. The van der Waals surface area contributed by atoms with Crippen LogP contribution in [-0.2, 0) is 20.7 Å². The lowest BCUT2D eigenvalue weighted by atomic mass is 10.1. The van der Waals surface area contributed by atoms with Crippen LogP contribution in [0.1, 0.15) is 26.5 Å². The molecule has 1 rings (SSSR count). The summed E-state index contributed by atoms with van der Waals surface area (Å²) in [5.74, 6) is -0.623. The number of esters is 1. The topological polar surface area (TPSA) is 104 Å². The summed E-state index contributed by atoms with van der Waals surface area (Å²) >= 11 is 5.78. The van der Waals surface area contributed by atoms with Crippen LogP contribution in [0.5, 0.6) is 0 Å². The molecule has 0 bridgehead atoms. The van der Waals surface area contributed by atoms with Gasteiger partial charge in [0, 0.05) is 12.6 Å². The van der Waals surface area contributed by atoms with Gasteiger partial charge in [-0.15, -0.1) is 0 Å². The van der Waals surface area contributed by atoms with Crippen molar-refractivity contribution >= 4 is 29.4 Å². The second-order valence-electron chi connectivity index (χ2n) is 5.62. The highest BCUT2D eigenvalue weighted by molar-refractivity contribution is 6.30. The highest BCUT2D eigenvalue weighted by atomic mass is 35.5. The van der Waals surface area contributed by atoms with Gasteiger partial charge in [-0.05, 0) is 26.8 Å². The fourth-order valence-electron chi connectivity index (χ4n) is 1.63. The van der Waals surface area contributed by atoms with Gasteiger partial charge in [-0.25, -0.2) is 9.59 Å². The molecule has 1 aromatic heterocycles. The van der Waals surface area contributed by atoms with E-state index in [1.54, 1.807) is 20.8 Å². The number of amides is 1. The van der Waals surface area contributed by atoms with Gasteiger partial charge in [-0.3, -0.25) is 4.98 Å². The summed E-state index contributed by atoms with van der Waals surface area (Å²) in [6.07, 6.45) is 0.750. The molecular formula is C14H20ClN3O4. The van der Waals surface area contributed by atoms with Crippen LogP contribution in [0.25, 0.3) is 0 Å². The molecule has 0 spiro atoms. The molecule has 0 aromatic carbocycles. The van der Waals surface area contributed by atoms with Gasteiger partial charge >= 0.3 is 12.1 Å². The fraction of sp³-hybridized carbons (Fsp3) is 0.500. The molecule has 0 aliphatic carbocycles. The lowest BCUT2D eigenvalue weighted by molar-refractivity contribution is -0.143. The van der Waals surface area contributed by atoms with Crippen LogP contribution in [0, 0.1) is 0 Å². The highest BCUT2D eigenvalue weighted by Crippen LogP contribution is 2.17. The Morgan fingerprint density at radius 1 is 1.45 bits per heavy atom. The Morgan fingerprint density at radius 3 is 2.59 bits per heavy atom. The van der Waals surface area contributed by atoms with E-state index >= 15 is 0 Å². The van der Waals surface area contributed by atoms with Gasteiger partial charge < -0.3 is 20.5 Å². The zero-order valence-electron chi connectivity index (χ0n) is 13.0. The average molecular weight is 330 g/mol. The minimum absolute atomic E-state index is 0.0644. The first-order chi connectivity index (χ1) is 10.1. The number of nitrogens with zero attached hydrogens (tertiary/aromatic N) is 1. The van der Waals surface area contributed by atoms with Crippen LogP contribution >= 0.6 is 11.6 Å². The van der Waals surface area contributed by atoms with Crippen LogP contribution in [0.2, 0.25) is 5.02 Å². The summed E-state index contributed by atoms with van der Waals surface area (Å²) in [7, 11) is 1.23. The number of nitrogens with two attached hydrogens (primary N) is 1. The number of carbonyl (C=O) groups is 2. The Morgan fingerprint density at radius 2 is 2.09 bits per heavy atom. The molecule has 0 fully saturated rings. The van der Waals surface area contributed by atoms with Crippen molar-refractivity contribution in [1.29, 1.82) is 0 Å². The van der Waals surface area contributed by atoms with Gasteiger partial charge in [0.05, 0.1) is 23.5 Å². The molecule has 122 valence electrons. The van der Waals surface area contributed by atoms with Crippen molar-refractivity contribution in [2.24, 2.45) is 0 Å². The molecule has 0 aliphatic heterocycles. The summed E-state index contributed by atoms with van der Waals surface area (Å²) in [5, 5.41) is 2.84. The fourth-order valence-corrected chi connectivity index (χ4v) is 1.80. The Kier molecular flexibility index (Phi) is 5.99.